The number of carbonyl (C=O) groups excluding carboxylic acids is 1. The van der Waals surface area contributed by atoms with E-state index in [0.717, 1.165) is 21.7 Å². The summed E-state index contributed by atoms with van der Waals surface area (Å²) in [5.41, 5.74) is 2.45. The molecule has 0 fully saturated rings. The Morgan fingerprint density at radius 2 is 1.88 bits per heavy atom. The van der Waals surface area contributed by atoms with Crippen LogP contribution in [0.1, 0.15) is 18.1 Å². The van der Waals surface area contributed by atoms with Gasteiger partial charge in [-0.3, -0.25) is 9.10 Å². The van der Waals surface area contributed by atoms with Crippen LogP contribution in [-0.4, -0.2) is 33.7 Å². The first-order chi connectivity index (χ1) is 12.3. The summed E-state index contributed by atoms with van der Waals surface area (Å²) in [6.45, 7) is 4.35. The van der Waals surface area contributed by atoms with Crippen LogP contribution in [0, 0.1) is 6.92 Å². The molecule has 0 atom stereocenters. The van der Waals surface area contributed by atoms with Crippen molar-refractivity contribution in [2.45, 2.75) is 20.4 Å². The standard InChI is InChI=1S/C19H24N2O4S/c1-4-25-18-10-6-9-17(12-18)21(26(3,23)24)14-19(22)20-13-16-8-5-7-15(2)11-16/h5-12H,4,13-14H2,1-3H3,(H,20,22). The fourth-order valence-electron chi connectivity index (χ4n) is 2.50. The molecule has 0 aromatic heterocycles. The van der Waals surface area contributed by atoms with Crippen molar-refractivity contribution in [3.8, 4) is 5.75 Å². The van der Waals surface area contributed by atoms with Crippen LogP contribution in [-0.2, 0) is 21.4 Å². The van der Waals surface area contributed by atoms with E-state index in [1.807, 2.05) is 38.1 Å². The first kappa shape index (κ1) is 19.8. The zero-order valence-electron chi connectivity index (χ0n) is 15.2. The van der Waals surface area contributed by atoms with Crippen molar-refractivity contribution in [3.63, 3.8) is 0 Å². The molecule has 0 heterocycles. The van der Waals surface area contributed by atoms with Crippen molar-refractivity contribution in [3.05, 3.63) is 59.7 Å². The predicted octanol–water partition coefficient (Wildman–Crippen LogP) is 2.48. The van der Waals surface area contributed by atoms with Gasteiger partial charge in [0.2, 0.25) is 15.9 Å². The van der Waals surface area contributed by atoms with Gasteiger partial charge in [-0.15, -0.1) is 0 Å². The Hall–Kier alpha value is -2.54. The molecule has 0 aliphatic heterocycles. The van der Waals surface area contributed by atoms with Crippen LogP contribution < -0.4 is 14.4 Å². The molecule has 2 rings (SSSR count). The lowest BCUT2D eigenvalue weighted by Gasteiger charge is -2.22. The summed E-state index contributed by atoms with van der Waals surface area (Å²) in [4.78, 5) is 12.3. The Kier molecular flexibility index (Phi) is 6.63. The van der Waals surface area contributed by atoms with Crippen LogP contribution in [0.5, 0.6) is 5.75 Å². The van der Waals surface area contributed by atoms with E-state index in [-0.39, 0.29) is 12.5 Å². The first-order valence-electron chi connectivity index (χ1n) is 8.32. The van der Waals surface area contributed by atoms with Gasteiger partial charge in [0.15, 0.2) is 0 Å². The van der Waals surface area contributed by atoms with Gasteiger partial charge in [-0.1, -0.05) is 35.9 Å². The molecule has 0 unspecified atom stereocenters. The van der Waals surface area contributed by atoms with Crippen LogP contribution in [0.2, 0.25) is 0 Å². The number of anilines is 1. The Balaban J connectivity index is 2.10. The number of nitrogens with zero attached hydrogens (tertiary/aromatic N) is 1. The number of hydrogen-bond acceptors (Lipinski definition) is 4. The van der Waals surface area contributed by atoms with E-state index in [0.29, 0.717) is 24.6 Å². The van der Waals surface area contributed by atoms with Crippen molar-refractivity contribution >= 4 is 21.6 Å². The predicted molar refractivity (Wildman–Crippen MR) is 103 cm³/mol. The minimum absolute atomic E-state index is 0.291. The Morgan fingerprint density at radius 1 is 1.15 bits per heavy atom. The van der Waals surface area contributed by atoms with E-state index >= 15 is 0 Å². The molecule has 0 aliphatic rings. The van der Waals surface area contributed by atoms with Gasteiger partial charge in [-0.25, -0.2) is 8.42 Å². The summed E-state index contributed by atoms with van der Waals surface area (Å²) in [6.07, 6.45) is 1.08. The Bertz CT molecular complexity index is 865. The molecule has 0 radical (unpaired) electrons. The molecule has 1 N–H and O–H groups in total. The normalized spacial score (nSPS) is 11.0. The van der Waals surface area contributed by atoms with Gasteiger partial charge < -0.3 is 10.1 Å². The highest BCUT2D eigenvalue weighted by Crippen LogP contribution is 2.23. The molecule has 1 amide bonds. The van der Waals surface area contributed by atoms with Crippen molar-refractivity contribution in [1.82, 2.24) is 5.32 Å². The van der Waals surface area contributed by atoms with Crippen molar-refractivity contribution in [2.24, 2.45) is 0 Å². The van der Waals surface area contributed by atoms with E-state index in [9.17, 15) is 13.2 Å². The van der Waals surface area contributed by atoms with E-state index in [1.54, 1.807) is 24.3 Å². The third kappa shape index (κ3) is 5.77. The molecule has 140 valence electrons. The average molecular weight is 376 g/mol. The molecule has 2 aromatic rings. The molecule has 0 saturated heterocycles. The fraction of sp³-hybridized carbons (Fsp3) is 0.316. The highest BCUT2D eigenvalue weighted by Gasteiger charge is 2.21. The molecule has 0 spiro atoms. The maximum atomic E-state index is 12.3. The fourth-order valence-corrected chi connectivity index (χ4v) is 3.35. The second-order valence-electron chi connectivity index (χ2n) is 5.97. The molecular weight excluding hydrogens is 352 g/mol. The maximum absolute atomic E-state index is 12.3. The van der Waals surface area contributed by atoms with E-state index < -0.39 is 10.0 Å². The second-order valence-corrected chi connectivity index (χ2v) is 7.87. The SMILES string of the molecule is CCOc1cccc(N(CC(=O)NCc2cccc(C)c2)S(C)(=O)=O)c1. The minimum atomic E-state index is -3.62. The van der Waals surface area contributed by atoms with Crippen LogP contribution in [0.25, 0.3) is 0 Å². The van der Waals surface area contributed by atoms with Gasteiger partial charge in [-0.05, 0) is 31.5 Å². The van der Waals surface area contributed by atoms with Crippen molar-refractivity contribution in [2.75, 3.05) is 23.7 Å². The van der Waals surface area contributed by atoms with E-state index in [2.05, 4.69) is 5.32 Å². The van der Waals surface area contributed by atoms with Gasteiger partial charge in [0.25, 0.3) is 0 Å². The Labute approximate surface area is 154 Å². The summed E-state index contributed by atoms with van der Waals surface area (Å²) >= 11 is 0. The number of nitrogens with one attached hydrogen (secondary N) is 1. The quantitative estimate of drug-likeness (QED) is 0.768. The molecule has 26 heavy (non-hydrogen) atoms. The summed E-state index contributed by atoms with van der Waals surface area (Å²) in [7, 11) is -3.62. The third-order valence-electron chi connectivity index (χ3n) is 3.68. The van der Waals surface area contributed by atoms with Crippen molar-refractivity contribution in [1.29, 1.82) is 0 Å². The first-order valence-corrected chi connectivity index (χ1v) is 10.2. The maximum Gasteiger partial charge on any atom is 0.241 e. The lowest BCUT2D eigenvalue weighted by molar-refractivity contribution is -0.119. The zero-order chi connectivity index (χ0) is 19.2. The number of hydrogen-bond donors (Lipinski definition) is 1. The summed E-state index contributed by atoms with van der Waals surface area (Å²) < 4.78 is 30.8. The summed E-state index contributed by atoms with van der Waals surface area (Å²) in [5, 5.41) is 2.76. The van der Waals surface area contributed by atoms with Gasteiger partial charge in [-0.2, -0.15) is 0 Å². The number of ether oxygens (including phenoxy) is 1. The second kappa shape index (κ2) is 8.71. The van der Waals surface area contributed by atoms with Gasteiger partial charge in [0.05, 0.1) is 18.6 Å². The number of carbonyl (C=O) groups is 1. The number of benzene rings is 2. The zero-order valence-corrected chi connectivity index (χ0v) is 16.0. The van der Waals surface area contributed by atoms with Gasteiger partial charge in [0, 0.05) is 12.6 Å². The molecule has 6 nitrogen and oxygen atoms in total. The highest BCUT2D eigenvalue weighted by molar-refractivity contribution is 7.92. The molecule has 0 saturated carbocycles. The Morgan fingerprint density at radius 3 is 2.54 bits per heavy atom. The number of amides is 1. The highest BCUT2D eigenvalue weighted by atomic mass is 32.2. The lowest BCUT2D eigenvalue weighted by atomic mass is 10.1. The number of aryl methyl sites for hydroxylation is 1. The van der Waals surface area contributed by atoms with Gasteiger partial charge >= 0.3 is 0 Å². The summed E-state index contributed by atoms with van der Waals surface area (Å²) in [5.74, 6) is 0.178. The van der Waals surface area contributed by atoms with Crippen LogP contribution >= 0.6 is 0 Å². The summed E-state index contributed by atoms with van der Waals surface area (Å²) in [6, 6.07) is 14.5. The smallest absolute Gasteiger partial charge is 0.241 e. The molecular formula is C19H24N2O4S. The third-order valence-corrected chi connectivity index (χ3v) is 4.82. The average Bonchev–Trinajstić information content (AvgIpc) is 2.57. The van der Waals surface area contributed by atoms with Crippen LogP contribution in [0.3, 0.4) is 0 Å². The molecule has 2 aromatic carbocycles. The van der Waals surface area contributed by atoms with E-state index in [4.69, 9.17) is 4.74 Å². The minimum Gasteiger partial charge on any atom is -0.494 e. The molecule has 0 aliphatic carbocycles. The van der Waals surface area contributed by atoms with Crippen LogP contribution in [0.4, 0.5) is 5.69 Å². The topological polar surface area (TPSA) is 75.7 Å². The van der Waals surface area contributed by atoms with Crippen LogP contribution in [0.15, 0.2) is 48.5 Å². The van der Waals surface area contributed by atoms with Crippen molar-refractivity contribution < 1.29 is 17.9 Å². The molecule has 0 bridgehead atoms. The monoisotopic (exact) mass is 376 g/mol. The lowest BCUT2D eigenvalue weighted by Crippen LogP contribution is -2.40. The number of rotatable bonds is 8. The van der Waals surface area contributed by atoms with Gasteiger partial charge in [0.1, 0.15) is 12.3 Å². The van der Waals surface area contributed by atoms with E-state index in [1.165, 1.54) is 0 Å². The number of sulfonamides is 1. The largest absolute Gasteiger partial charge is 0.494 e. The molecule has 7 heteroatoms.